The Labute approximate surface area is 150 Å². The van der Waals surface area contributed by atoms with E-state index in [2.05, 4.69) is 20.8 Å². The highest BCUT2D eigenvalue weighted by Gasteiger charge is 2.41. The second-order valence-electron chi connectivity index (χ2n) is 8.81. The zero-order valence-electron chi connectivity index (χ0n) is 16.4. The van der Waals surface area contributed by atoms with Gasteiger partial charge in [0.1, 0.15) is 0 Å². The topological polar surface area (TPSA) is 26.3 Å². The van der Waals surface area contributed by atoms with Crippen LogP contribution in [-0.4, -0.2) is 12.6 Å². The molecule has 0 unspecified atom stereocenters. The van der Waals surface area contributed by atoms with Crippen molar-refractivity contribution >= 4 is 5.97 Å². The maximum absolute atomic E-state index is 12.3. The summed E-state index contributed by atoms with van der Waals surface area (Å²) in [4.78, 5) is 12.3. The van der Waals surface area contributed by atoms with Gasteiger partial charge in [-0.2, -0.15) is 0 Å². The SMILES string of the molecule is CCCCCC1CCC(C2CCC(C)(C(=O)OCCC)CC2)CC1. The van der Waals surface area contributed by atoms with E-state index < -0.39 is 0 Å². The van der Waals surface area contributed by atoms with Crippen molar-refractivity contribution in [2.45, 2.75) is 104 Å². The van der Waals surface area contributed by atoms with Crippen LogP contribution in [0.1, 0.15) is 104 Å². The van der Waals surface area contributed by atoms with E-state index in [1.54, 1.807) is 0 Å². The maximum atomic E-state index is 12.3. The lowest BCUT2D eigenvalue weighted by Gasteiger charge is -2.41. The van der Waals surface area contributed by atoms with Crippen LogP contribution in [0.4, 0.5) is 0 Å². The Hall–Kier alpha value is -0.530. The van der Waals surface area contributed by atoms with Gasteiger partial charge in [0.15, 0.2) is 0 Å². The van der Waals surface area contributed by atoms with Gasteiger partial charge in [0.25, 0.3) is 0 Å². The minimum absolute atomic E-state index is 0.0578. The normalized spacial score (nSPS) is 34.0. The molecule has 2 aliphatic carbocycles. The monoisotopic (exact) mass is 336 g/mol. The molecule has 0 saturated heterocycles. The summed E-state index contributed by atoms with van der Waals surface area (Å²) in [6.07, 6.45) is 16.9. The molecule has 2 fully saturated rings. The van der Waals surface area contributed by atoms with E-state index in [4.69, 9.17) is 4.74 Å². The predicted octanol–water partition coefficient (Wildman–Crippen LogP) is 6.52. The van der Waals surface area contributed by atoms with Crippen molar-refractivity contribution < 1.29 is 9.53 Å². The number of carbonyl (C=O) groups is 1. The van der Waals surface area contributed by atoms with E-state index >= 15 is 0 Å². The smallest absolute Gasteiger partial charge is 0.311 e. The Balaban J connectivity index is 1.70. The molecule has 2 heteroatoms. The Morgan fingerprint density at radius 1 is 0.917 bits per heavy atom. The summed E-state index contributed by atoms with van der Waals surface area (Å²) in [5.74, 6) is 2.87. The van der Waals surface area contributed by atoms with Gasteiger partial charge in [-0.1, -0.05) is 52.4 Å². The summed E-state index contributed by atoms with van der Waals surface area (Å²) in [6, 6.07) is 0. The number of esters is 1. The minimum atomic E-state index is -0.205. The van der Waals surface area contributed by atoms with Crippen molar-refractivity contribution in [3.8, 4) is 0 Å². The van der Waals surface area contributed by atoms with E-state index in [0.717, 1.165) is 37.0 Å². The van der Waals surface area contributed by atoms with Gasteiger partial charge in [-0.05, 0) is 69.6 Å². The first-order valence-electron chi connectivity index (χ1n) is 10.8. The Morgan fingerprint density at radius 3 is 2.12 bits per heavy atom. The first-order valence-corrected chi connectivity index (χ1v) is 10.8. The van der Waals surface area contributed by atoms with E-state index in [0.29, 0.717) is 6.61 Å². The molecule has 0 spiro atoms. The molecule has 0 N–H and O–H groups in total. The average Bonchev–Trinajstić information content (AvgIpc) is 2.61. The number of rotatable bonds is 8. The van der Waals surface area contributed by atoms with Crippen LogP contribution in [0, 0.1) is 23.2 Å². The minimum Gasteiger partial charge on any atom is -0.465 e. The zero-order chi connectivity index (χ0) is 17.4. The quantitative estimate of drug-likeness (QED) is 0.372. The highest BCUT2D eigenvalue weighted by Crippen LogP contribution is 2.46. The average molecular weight is 337 g/mol. The van der Waals surface area contributed by atoms with E-state index in [1.807, 2.05) is 0 Å². The van der Waals surface area contributed by atoms with Crippen LogP contribution in [0.5, 0.6) is 0 Å². The molecule has 2 nitrogen and oxygen atoms in total. The summed E-state index contributed by atoms with van der Waals surface area (Å²) >= 11 is 0. The van der Waals surface area contributed by atoms with Crippen molar-refractivity contribution in [3.63, 3.8) is 0 Å². The molecule has 0 amide bonds. The Morgan fingerprint density at radius 2 is 1.54 bits per heavy atom. The molecule has 140 valence electrons. The second-order valence-corrected chi connectivity index (χ2v) is 8.81. The lowest BCUT2D eigenvalue weighted by atomic mass is 9.65. The molecule has 0 aromatic rings. The third-order valence-corrected chi connectivity index (χ3v) is 6.84. The predicted molar refractivity (Wildman–Crippen MR) is 101 cm³/mol. The standard InChI is InChI=1S/C22H40O2/c1-4-6-7-8-18-9-11-19(12-10-18)20-13-15-22(3,16-14-20)21(23)24-17-5-2/h18-20H,4-17H2,1-3H3. The highest BCUT2D eigenvalue weighted by molar-refractivity contribution is 5.76. The van der Waals surface area contributed by atoms with Gasteiger partial charge in [-0.25, -0.2) is 0 Å². The van der Waals surface area contributed by atoms with Crippen LogP contribution in [0.15, 0.2) is 0 Å². The Bertz CT molecular complexity index is 360. The summed E-state index contributed by atoms with van der Waals surface area (Å²) < 4.78 is 5.44. The van der Waals surface area contributed by atoms with Crippen molar-refractivity contribution in [2.75, 3.05) is 6.61 Å². The second kappa shape index (κ2) is 9.82. The molecule has 0 atom stereocenters. The molecule has 0 radical (unpaired) electrons. The summed E-state index contributed by atoms with van der Waals surface area (Å²) in [5.41, 5.74) is -0.205. The largest absolute Gasteiger partial charge is 0.465 e. The van der Waals surface area contributed by atoms with Crippen molar-refractivity contribution in [1.29, 1.82) is 0 Å². The fourth-order valence-electron chi connectivity index (χ4n) is 4.95. The van der Waals surface area contributed by atoms with Crippen LogP contribution in [0.3, 0.4) is 0 Å². The van der Waals surface area contributed by atoms with Crippen LogP contribution in [0.2, 0.25) is 0 Å². The van der Waals surface area contributed by atoms with Gasteiger partial charge in [-0.15, -0.1) is 0 Å². The number of hydrogen-bond donors (Lipinski definition) is 0. The molecule has 2 rings (SSSR count). The van der Waals surface area contributed by atoms with E-state index in [1.165, 1.54) is 64.2 Å². The van der Waals surface area contributed by atoms with Gasteiger partial charge in [0.2, 0.25) is 0 Å². The first-order chi connectivity index (χ1) is 11.6. The molecule has 0 bridgehead atoms. The van der Waals surface area contributed by atoms with Gasteiger partial charge in [0, 0.05) is 0 Å². The number of unbranched alkanes of at least 4 members (excludes halogenated alkanes) is 2. The van der Waals surface area contributed by atoms with Gasteiger partial charge >= 0.3 is 5.97 Å². The van der Waals surface area contributed by atoms with Crippen LogP contribution >= 0.6 is 0 Å². The number of ether oxygens (including phenoxy) is 1. The third kappa shape index (κ3) is 5.49. The molecular formula is C22H40O2. The maximum Gasteiger partial charge on any atom is 0.311 e. The lowest BCUT2D eigenvalue weighted by molar-refractivity contribution is -0.157. The summed E-state index contributed by atoms with van der Waals surface area (Å²) in [5, 5.41) is 0. The summed E-state index contributed by atoms with van der Waals surface area (Å²) in [7, 11) is 0. The fraction of sp³-hybridized carbons (Fsp3) is 0.955. The summed E-state index contributed by atoms with van der Waals surface area (Å²) in [6.45, 7) is 7.07. The number of hydrogen-bond acceptors (Lipinski definition) is 2. The third-order valence-electron chi connectivity index (χ3n) is 6.84. The molecule has 0 heterocycles. The van der Waals surface area contributed by atoms with Crippen molar-refractivity contribution in [1.82, 2.24) is 0 Å². The molecule has 24 heavy (non-hydrogen) atoms. The van der Waals surface area contributed by atoms with Crippen LogP contribution in [0.25, 0.3) is 0 Å². The Kier molecular flexibility index (Phi) is 8.10. The lowest BCUT2D eigenvalue weighted by Crippen LogP contribution is -2.36. The van der Waals surface area contributed by atoms with Crippen molar-refractivity contribution in [3.05, 3.63) is 0 Å². The molecule has 2 aliphatic rings. The number of carbonyl (C=O) groups excluding carboxylic acids is 1. The molecule has 2 saturated carbocycles. The van der Waals surface area contributed by atoms with E-state index in [-0.39, 0.29) is 11.4 Å². The fourth-order valence-corrected chi connectivity index (χ4v) is 4.95. The molecular weight excluding hydrogens is 296 g/mol. The van der Waals surface area contributed by atoms with Gasteiger partial charge < -0.3 is 4.74 Å². The van der Waals surface area contributed by atoms with Crippen LogP contribution in [-0.2, 0) is 9.53 Å². The zero-order valence-corrected chi connectivity index (χ0v) is 16.4. The molecule has 0 aromatic heterocycles. The van der Waals surface area contributed by atoms with Gasteiger partial charge in [0.05, 0.1) is 12.0 Å². The van der Waals surface area contributed by atoms with Crippen molar-refractivity contribution in [2.24, 2.45) is 23.2 Å². The first kappa shape index (κ1) is 19.8. The molecule has 0 aliphatic heterocycles. The highest BCUT2D eigenvalue weighted by atomic mass is 16.5. The molecule has 0 aromatic carbocycles. The van der Waals surface area contributed by atoms with Gasteiger partial charge in [-0.3, -0.25) is 4.79 Å². The van der Waals surface area contributed by atoms with Crippen LogP contribution < -0.4 is 0 Å². The van der Waals surface area contributed by atoms with E-state index in [9.17, 15) is 4.79 Å².